The van der Waals surface area contributed by atoms with Crippen LogP contribution >= 0.6 is 27.7 Å². The highest BCUT2D eigenvalue weighted by molar-refractivity contribution is 9.10. The van der Waals surface area contributed by atoms with Crippen LogP contribution in [0.15, 0.2) is 58.2 Å². The van der Waals surface area contributed by atoms with Crippen molar-refractivity contribution < 1.29 is 4.74 Å². The van der Waals surface area contributed by atoms with Gasteiger partial charge in [0.05, 0.1) is 12.3 Å². The second-order valence-corrected chi connectivity index (χ2v) is 7.75. The minimum absolute atomic E-state index is 0.668. The van der Waals surface area contributed by atoms with Crippen molar-refractivity contribution in [2.24, 2.45) is 0 Å². The molecule has 3 aromatic rings. The van der Waals surface area contributed by atoms with Crippen molar-refractivity contribution in [2.75, 3.05) is 18.9 Å². The van der Waals surface area contributed by atoms with Crippen molar-refractivity contribution in [1.29, 1.82) is 0 Å². The van der Waals surface area contributed by atoms with E-state index in [2.05, 4.69) is 42.8 Å². The number of halogens is 1. The summed E-state index contributed by atoms with van der Waals surface area (Å²) in [4.78, 5) is 0. The molecule has 0 aliphatic rings. The summed E-state index contributed by atoms with van der Waals surface area (Å²) >= 11 is 5.18. The molecular formula is C19H22BrN5OS. The van der Waals surface area contributed by atoms with E-state index in [9.17, 15) is 0 Å². The average Bonchev–Trinajstić information content (AvgIpc) is 3.16. The van der Waals surface area contributed by atoms with Gasteiger partial charge in [0.25, 0.3) is 0 Å². The second-order valence-electron chi connectivity index (χ2n) is 5.77. The lowest BCUT2D eigenvalue weighted by Crippen LogP contribution is -2.16. The first-order valence-electron chi connectivity index (χ1n) is 8.86. The van der Waals surface area contributed by atoms with E-state index in [1.54, 1.807) is 16.4 Å². The Morgan fingerprint density at radius 1 is 1.19 bits per heavy atom. The number of ether oxygens (including phenoxy) is 1. The molecule has 0 radical (unpaired) electrons. The van der Waals surface area contributed by atoms with Crippen LogP contribution in [0.5, 0.6) is 5.75 Å². The first-order chi connectivity index (χ1) is 13.3. The fraction of sp³-hybridized carbons (Fsp3) is 0.316. The van der Waals surface area contributed by atoms with Crippen LogP contribution in [-0.2, 0) is 6.54 Å². The SMILES string of the molecule is CCOc1ccc(Br)cc1CNCCCSc1nnnn1-c1ccccc1. The summed E-state index contributed by atoms with van der Waals surface area (Å²) in [7, 11) is 0. The van der Waals surface area contributed by atoms with Crippen LogP contribution in [0.2, 0.25) is 0 Å². The zero-order valence-corrected chi connectivity index (χ0v) is 17.5. The number of hydrogen-bond acceptors (Lipinski definition) is 6. The first-order valence-corrected chi connectivity index (χ1v) is 10.6. The third-order valence-corrected chi connectivity index (χ3v) is 5.31. The molecule has 0 atom stereocenters. The van der Waals surface area contributed by atoms with E-state index in [0.29, 0.717) is 6.61 Å². The van der Waals surface area contributed by atoms with Crippen LogP contribution in [0.3, 0.4) is 0 Å². The monoisotopic (exact) mass is 447 g/mol. The van der Waals surface area contributed by atoms with E-state index in [1.807, 2.05) is 49.4 Å². The van der Waals surface area contributed by atoms with E-state index in [0.717, 1.165) is 51.9 Å². The molecule has 3 rings (SSSR count). The fourth-order valence-electron chi connectivity index (χ4n) is 2.57. The first kappa shape index (κ1) is 19.9. The molecule has 0 saturated heterocycles. The zero-order valence-electron chi connectivity index (χ0n) is 15.1. The topological polar surface area (TPSA) is 64.9 Å². The van der Waals surface area contributed by atoms with E-state index < -0.39 is 0 Å². The lowest BCUT2D eigenvalue weighted by molar-refractivity contribution is 0.335. The van der Waals surface area contributed by atoms with Gasteiger partial charge < -0.3 is 10.1 Å². The standard InChI is InChI=1S/C19H22BrN5OS/c1-2-26-18-10-9-16(20)13-15(18)14-21-11-6-12-27-19-22-23-24-25(19)17-7-4-3-5-8-17/h3-5,7-10,13,21H,2,6,11-12,14H2,1H3. The van der Waals surface area contributed by atoms with Crippen LogP contribution in [0.1, 0.15) is 18.9 Å². The maximum Gasteiger partial charge on any atom is 0.214 e. The molecule has 1 heterocycles. The van der Waals surface area contributed by atoms with Gasteiger partial charge in [-0.15, -0.1) is 5.10 Å². The van der Waals surface area contributed by atoms with Gasteiger partial charge in [-0.2, -0.15) is 4.68 Å². The Hall–Kier alpha value is -1.90. The van der Waals surface area contributed by atoms with Gasteiger partial charge >= 0.3 is 0 Å². The van der Waals surface area contributed by atoms with E-state index >= 15 is 0 Å². The summed E-state index contributed by atoms with van der Waals surface area (Å²) in [5.41, 5.74) is 2.13. The van der Waals surface area contributed by atoms with Crippen molar-refractivity contribution in [3.63, 3.8) is 0 Å². The van der Waals surface area contributed by atoms with Gasteiger partial charge in [-0.3, -0.25) is 0 Å². The van der Waals surface area contributed by atoms with Crippen LogP contribution < -0.4 is 10.1 Å². The summed E-state index contributed by atoms with van der Waals surface area (Å²) < 4.78 is 8.52. The summed E-state index contributed by atoms with van der Waals surface area (Å²) in [5, 5.41) is 16.3. The molecule has 0 aliphatic heterocycles. The Labute approximate surface area is 171 Å². The predicted molar refractivity (Wildman–Crippen MR) is 112 cm³/mol. The summed E-state index contributed by atoms with van der Waals surface area (Å²) in [5.74, 6) is 1.88. The molecule has 27 heavy (non-hydrogen) atoms. The third-order valence-electron chi connectivity index (χ3n) is 3.81. The minimum atomic E-state index is 0.668. The van der Waals surface area contributed by atoms with Gasteiger partial charge in [-0.1, -0.05) is 45.9 Å². The predicted octanol–water partition coefficient (Wildman–Crippen LogP) is 4.10. The molecule has 0 unspecified atom stereocenters. The fourth-order valence-corrected chi connectivity index (χ4v) is 3.80. The van der Waals surface area contributed by atoms with Gasteiger partial charge in [0, 0.05) is 22.3 Å². The Bertz CT molecular complexity index is 843. The third kappa shape index (κ3) is 5.79. The zero-order chi connectivity index (χ0) is 18.9. The summed E-state index contributed by atoms with van der Waals surface area (Å²) in [6.45, 7) is 4.36. The number of rotatable bonds is 10. The number of nitrogens with zero attached hydrogens (tertiary/aromatic N) is 4. The Morgan fingerprint density at radius 2 is 2.04 bits per heavy atom. The largest absolute Gasteiger partial charge is 0.494 e. The maximum absolute atomic E-state index is 5.68. The maximum atomic E-state index is 5.68. The normalized spacial score (nSPS) is 10.9. The van der Waals surface area contributed by atoms with Crippen LogP contribution in [-0.4, -0.2) is 39.1 Å². The number of thioether (sulfide) groups is 1. The highest BCUT2D eigenvalue weighted by atomic mass is 79.9. The summed E-state index contributed by atoms with van der Waals surface area (Å²) in [6.07, 6.45) is 1.02. The number of aromatic nitrogens is 4. The number of hydrogen-bond donors (Lipinski definition) is 1. The number of nitrogens with one attached hydrogen (secondary N) is 1. The van der Waals surface area contributed by atoms with Gasteiger partial charge in [-0.05, 0) is 60.6 Å². The van der Waals surface area contributed by atoms with Crippen LogP contribution in [0.25, 0.3) is 5.69 Å². The van der Waals surface area contributed by atoms with Crippen molar-refractivity contribution in [2.45, 2.75) is 25.0 Å². The number of tetrazole rings is 1. The molecule has 0 saturated carbocycles. The molecule has 1 N–H and O–H groups in total. The highest BCUT2D eigenvalue weighted by Gasteiger charge is 2.08. The van der Waals surface area contributed by atoms with Crippen molar-refractivity contribution in [3.05, 3.63) is 58.6 Å². The Balaban J connectivity index is 1.43. The summed E-state index contributed by atoms with van der Waals surface area (Å²) in [6, 6.07) is 16.0. The van der Waals surface area contributed by atoms with Crippen molar-refractivity contribution in [3.8, 4) is 11.4 Å². The molecule has 8 heteroatoms. The molecule has 1 aromatic heterocycles. The molecule has 142 valence electrons. The molecule has 0 amide bonds. The minimum Gasteiger partial charge on any atom is -0.494 e. The van der Waals surface area contributed by atoms with Gasteiger partial charge in [0.15, 0.2) is 0 Å². The molecule has 0 bridgehead atoms. The number of benzene rings is 2. The lowest BCUT2D eigenvalue weighted by Gasteiger charge is -2.11. The van der Waals surface area contributed by atoms with E-state index in [4.69, 9.17) is 4.74 Å². The highest BCUT2D eigenvalue weighted by Crippen LogP contribution is 2.23. The van der Waals surface area contributed by atoms with Crippen LogP contribution in [0.4, 0.5) is 0 Å². The Kier molecular flexibility index (Phi) is 7.67. The Morgan fingerprint density at radius 3 is 2.85 bits per heavy atom. The molecular weight excluding hydrogens is 426 g/mol. The molecule has 0 aliphatic carbocycles. The number of para-hydroxylation sites is 1. The van der Waals surface area contributed by atoms with Crippen molar-refractivity contribution >= 4 is 27.7 Å². The van der Waals surface area contributed by atoms with Gasteiger partial charge in [0.2, 0.25) is 5.16 Å². The van der Waals surface area contributed by atoms with E-state index in [1.165, 1.54) is 0 Å². The molecule has 0 spiro atoms. The molecule has 2 aromatic carbocycles. The second kappa shape index (κ2) is 10.4. The van der Waals surface area contributed by atoms with Crippen molar-refractivity contribution in [1.82, 2.24) is 25.5 Å². The van der Waals surface area contributed by atoms with E-state index in [-0.39, 0.29) is 0 Å². The molecule has 0 fully saturated rings. The van der Waals surface area contributed by atoms with Gasteiger partial charge in [-0.25, -0.2) is 0 Å². The average molecular weight is 448 g/mol. The lowest BCUT2D eigenvalue weighted by atomic mass is 10.2. The van der Waals surface area contributed by atoms with Crippen LogP contribution in [0, 0.1) is 0 Å². The smallest absolute Gasteiger partial charge is 0.214 e. The molecule has 6 nitrogen and oxygen atoms in total. The quantitative estimate of drug-likeness (QED) is 0.372. The van der Waals surface area contributed by atoms with Gasteiger partial charge in [0.1, 0.15) is 5.75 Å².